The number of amides is 2. The van der Waals surface area contributed by atoms with Crippen molar-refractivity contribution >= 4 is 23.2 Å². The third-order valence-corrected chi connectivity index (χ3v) is 3.62. The van der Waals surface area contributed by atoms with E-state index in [0.29, 0.717) is 23.4 Å². The lowest BCUT2D eigenvalue weighted by atomic mass is 10.0. The van der Waals surface area contributed by atoms with Gasteiger partial charge >= 0.3 is 0 Å². The summed E-state index contributed by atoms with van der Waals surface area (Å²) in [5.74, 6) is -0.719. The minimum Gasteiger partial charge on any atom is -0.399 e. The van der Waals surface area contributed by atoms with Crippen LogP contribution in [0.25, 0.3) is 0 Å². The Labute approximate surface area is 135 Å². The maximum absolute atomic E-state index is 12.9. The van der Waals surface area contributed by atoms with Gasteiger partial charge in [-0.1, -0.05) is 19.1 Å². The molecule has 0 saturated heterocycles. The number of hydrogen-bond donors (Lipinski definition) is 2. The van der Waals surface area contributed by atoms with Crippen LogP contribution in [0.4, 0.5) is 11.4 Å². The molecule has 5 nitrogen and oxygen atoms in total. The Morgan fingerprint density at radius 3 is 2.48 bits per heavy atom. The number of carbonyl (C=O) groups excluding carboxylic acids is 2. The fraction of sp³-hybridized carbons (Fsp3) is 0.222. The Kier molecular flexibility index (Phi) is 5.01. The normalized spacial score (nSPS) is 10.3. The number of hydrogen-bond acceptors (Lipinski definition) is 3. The van der Waals surface area contributed by atoms with Gasteiger partial charge in [0.1, 0.15) is 0 Å². The summed E-state index contributed by atoms with van der Waals surface area (Å²) in [7, 11) is 0. The topological polar surface area (TPSA) is 89.4 Å². The van der Waals surface area contributed by atoms with E-state index in [1.165, 1.54) is 0 Å². The molecule has 0 aliphatic rings. The smallest absolute Gasteiger partial charge is 0.258 e. The first-order valence-corrected chi connectivity index (χ1v) is 7.52. The van der Waals surface area contributed by atoms with Crippen LogP contribution in [0.2, 0.25) is 0 Å². The molecule has 2 rings (SSSR count). The number of nitrogens with zero attached hydrogens (tertiary/aromatic N) is 1. The lowest BCUT2D eigenvalue weighted by Gasteiger charge is -2.23. The van der Waals surface area contributed by atoms with Crippen molar-refractivity contribution in [2.75, 3.05) is 17.2 Å². The predicted molar refractivity (Wildman–Crippen MR) is 92.5 cm³/mol. The zero-order chi connectivity index (χ0) is 17.0. The Morgan fingerprint density at radius 2 is 1.87 bits per heavy atom. The molecule has 0 atom stereocenters. The molecule has 2 amide bonds. The molecule has 0 saturated carbocycles. The number of rotatable bonds is 5. The summed E-state index contributed by atoms with van der Waals surface area (Å²) >= 11 is 0. The summed E-state index contributed by atoms with van der Waals surface area (Å²) < 4.78 is 0. The highest BCUT2D eigenvalue weighted by atomic mass is 16.2. The van der Waals surface area contributed by atoms with E-state index in [0.717, 1.165) is 17.7 Å². The fourth-order valence-electron chi connectivity index (χ4n) is 2.44. The molecule has 2 aromatic carbocycles. The molecule has 0 aliphatic heterocycles. The SMILES string of the molecule is CCCN(C(=O)c1ccc(C)c(C(N)=O)c1)c1cccc(N)c1. The maximum atomic E-state index is 12.9. The van der Waals surface area contributed by atoms with Gasteiger partial charge in [0.15, 0.2) is 0 Å². The average molecular weight is 311 g/mol. The summed E-state index contributed by atoms with van der Waals surface area (Å²) in [5, 5.41) is 0. The molecule has 0 fully saturated rings. The molecular weight excluding hydrogens is 290 g/mol. The van der Waals surface area contributed by atoms with Gasteiger partial charge in [-0.3, -0.25) is 9.59 Å². The Morgan fingerprint density at radius 1 is 1.13 bits per heavy atom. The second kappa shape index (κ2) is 6.96. The summed E-state index contributed by atoms with van der Waals surface area (Å²) in [6.45, 7) is 4.34. The number of nitrogens with two attached hydrogens (primary N) is 2. The molecule has 0 unspecified atom stereocenters. The number of nitrogen functional groups attached to an aromatic ring is 1. The predicted octanol–water partition coefficient (Wildman–Crippen LogP) is 2.73. The van der Waals surface area contributed by atoms with Crippen molar-refractivity contribution in [2.24, 2.45) is 5.73 Å². The number of aryl methyl sites for hydroxylation is 1. The Hall–Kier alpha value is -2.82. The first-order chi connectivity index (χ1) is 10.9. The zero-order valence-electron chi connectivity index (χ0n) is 13.4. The summed E-state index contributed by atoms with van der Waals surface area (Å²) in [6, 6.07) is 12.2. The molecule has 0 spiro atoms. The van der Waals surface area contributed by atoms with Crippen molar-refractivity contribution in [2.45, 2.75) is 20.3 Å². The van der Waals surface area contributed by atoms with Gasteiger partial charge in [0, 0.05) is 29.0 Å². The highest BCUT2D eigenvalue weighted by Crippen LogP contribution is 2.21. The van der Waals surface area contributed by atoms with Gasteiger partial charge in [0.25, 0.3) is 5.91 Å². The van der Waals surface area contributed by atoms with Gasteiger partial charge in [0.2, 0.25) is 5.91 Å². The van der Waals surface area contributed by atoms with Crippen molar-refractivity contribution in [3.63, 3.8) is 0 Å². The van der Waals surface area contributed by atoms with E-state index in [1.807, 2.05) is 19.1 Å². The molecule has 0 radical (unpaired) electrons. The van der Waals surface area contributed by atoms with Crippen molar-refractivity contribution < 1.29 is 9.59 Å². The van der Waals surface area contributed by atoms with E-state index in [1.54, 1.807) is 42.2 Å². The van der Waals surface area contributed by atoms with Crippen molar-refractivity contribution in [1.82, 2.24) is 0 Å². The highest BCUT2D eigenvalue weighted by Gasteiger charge is 2.19. The first-order valence-electron chi connectivity index (χ1n) is 7.52. The van der Waals surface area contributed by atoms with Crippen molar-refractivity contribution in [3.05, 3.63) is 59.2 Å². The van der Waals surface area contributed by atoms with E-state index in [9.17, 15) is 9.59 Å². The number of primary amides is 1. The van der Waals surface area contributed by atoms with Crippen LogP contribution in [0.1, 0.15) is 39.6 Å². The third kappa shape index (κ3) is 3.69. The van der Waals surface area contributed by atoms with Crippen LogP contribution in [-0.2, 0) is 0 Å². The lowest BCUT2D eigenvalue weighted by molar-refractivity contribution is 0.0987. The summed E-state index contributed by atoms with van der Waals surface area (Å²) in [6.07, 6.45) is 0.801. The monoisotopic (exact) mass is 311 g/mol. The van der Waals surface area contributed by atoms with Gasteiger partial charge in [0.05, 0.1) is 0 Å². The van der Waals surface area contributed by atoms with Crippen LogP contribution in [0, 0.1) is 6.92 Å². The molecular formula is C18H21N3O2. The van der Waals surface area contributed by atoms with E-state index in [-0.39, 0.29) is 5.91 Å². The molecule has 2 aromatic rings. The highest BCUT2D eigenvalue weighted by molar-refractivity contribution is 6.08. The van der Waals surface area contributed by atoms with Crippen LogP contribution in [0.15, 0.2) is 42.5 Å². The largest absolute Gasteiger partial charge is 0.399 e. The third-order valence-electron chi connectivity index (χ3n) is 3.62. The molecule has 23 heavy (non-hydrogen) atoms. The van der Waals surface area contributed by atoms with Gasteiger partial charge in [-0.25, -0.2) is 0 Å². The van der Waals surface area contributed by atoms with Crippen LogP contribution >= 0.6 is 0 Å². The summed E-state index contributed by atoms with van der Waals surface area (Å²) in [4.78, 5) is 26.0. The zero-order valence-corrected chi connectivity index (χ0v) is 13.4. The average Bonchev–Trinajstić information content (AvgIpc) is 2.52. The molecule has 0 bridgehead atoms. The minimum atomic E-state index is -0.539. The first kappa shape index (κ1) is 16.5. The lowest BCUT2D eigenvalue weighted by Crippen LogP contribution is -2.32. The number of anilines is 2. The van der Waals surface area contributed by atoms with Crippen LogP contribution in [-0.4, -0.2) is 18.4 Å². The molecule has 4 N–H and O–H groups in total. The van der Waals surface area contributed by atoms with Gasteiger partial charge < -0.3 is 16.4 Å². The fourth-order valence-corrected chi connectivity index (χ4v) is 2.44. The van der Waals surface area contributed by atoms with Gasteiger partial charge in [-0.2, -0.15) is 0 Å². The molecule has 0 aliphatic carbocycles. The van der Waals surface area contributed by atoms with Gasteiger partial charge in [-0.05, 0) is 49.2 Å². The van der Waals surface area contributed by atoms with E-state index < -0.39 is 5.91 Å². The number of benzene rings is 2. The second-order valence-corrected chi connectivity index (χ2v) is 5.45. The van der Waals surface area contributed by atoms with E-state index >= 15 is 0 Å². The quantitative estimate of drug-likeness (QED) is 0.832. The molecule has 0 heterocycles. The Balaban J connectivity index is 2.42. The standard InChI is InChI=1S/C18H21N3O2/c1-3-9-21(15-6-4-5-14(19)11-15)18(23)13-8-7-12(2)16(10-13)17(20)22/h4-8,10-11H,3,9,19H2,1-2H3,(H2,20,22). The summed E-state index contributed by atoms with van der Waals surface area (Å²) in [5.41, 5.74) is 14.1. The Bertz CT molecular complexity index is 741. The van der Waals surface area contributed by atoms with Crippen molar-refractivity contribution in [3.8, 4) is 0 Å². The van der Waals surface area contributed by atoms with Crippen LogP contribution in [0.5, 0.6) is 0 Å². The van der Waals surface area contributed by atoms with Crippen molar-refractivity contribution in [1.29, 1.82) is 0 Å². The minimum absolute atomic E-state index is 0.181. The molecule has 5 heteroatoms. The second-order valence-electron chi connectivity index (χ2n) is 5.45. The van der Waals surface area contributed by atoms with E-state index in [4.69, 9.17) is 11.5 Å². The van der Waals surface area contributed by atoms with Gasteiger partial charge in [-0.15, -0.1) is 0 Å². The van der Waals surface area contributed by atoms with E-state index in [2.05, 4.69) is 0 Å². The molecule has 120 valence electrons. The van der Waals surface area contributed by atoms with Crippen LogP contribution in [0.3, 0.4) is 0 Å². The van der Waals surface area contributed by atoms with Crippen LogP contribution < -0.4 is 16.4 Å². The number of carbonyl (C=O) groups is 2. The maximum Gasteiger partial charge on any atom is 0.258 e. The molecule has 0 aromatic heterocycles.